The van der Waals surface area contributed by atoms with Gasteiger partial charge in [0.1, 0.15) is 11.3 Å². The van der Waals surface area contributed by atoms with Gasteiger partial charge in [-0.05, 0) is 46.2 Å². The van der Waals surface area contributed by atoms with Crippen LogP contribution in [0, 0.1) is 0 Å². The molecule has 5 nitrogen and oxygen atoms in total. The number of alkyl halides is 3. The zero-order chi connectivity index (χ0) is 25.1. The van der Waals surface area contributed by atoms with Crippen LogP contribution in [0.3, 0.4) is 0 Å². The van der Waals surface area contributed by atoms with Crippen molar-refractivity contribution in [3.8, 4) is 11.4 Å². The fourth-order valence-corrected chi connectivity index (χ4v) is 3.86. The maximum atomic E-state index is 13.3. The number of halogens is 3. The molecule has 0 saturated heterocycles. The number of phenolic OH excluding ortho intramolecular Hbond substituents is 1. The number of fused-ring (bicyclic) bond motifs is 1. The van der Waals surface area contributed by atoms with E-state index in [9.17, 15) is 27.9 Å². The van der Waals surface area contributed by atoms with E-state index in [2.05, 4.69) is 0 Å². The van der Waals surface area contributed by atoms with Crippen molar-refractivity contribution in [3.63, 3.8) is 0 Å². The van der Waals surface area contributed by atoms with Crippen molar-refractivity contribution in [2.45, 2.75) is 58.5 Å². The van der Waals surface area contributed by atoms with Crippen LogP contribution in [0.2, 0.25) is 0 Å². The van der Waals surface area contributed by atoms with Crippen LogP contribution >= 0.6 is 0 Å². The number of pyridine rings is 1. The Kier molecular flexibility index (Phi) is 5.64. The summed E-state index contributed by atoms with van der Waals surface area (Å²) in [6.45, 7) is 11.7. The highest BCUT2D eigenvalue weighted by Crippen LogP contribution is 2.40. The number of aromatic hydroxyl groups is 1. The third-order valence-corrected chi connectivity index (χ3v) is 5.59. The maximum absolute atomic E-state index is 13.3. The average molecular weight is 460 g/mol. The van der Waals surface area contributed by atoms with Crippen LogP contribution in [0.15, 0.2) is 41.3 Å². The van der Waals surface area contributed by atoms with Crippen molar-refractivity contribution in [2.75, 3.05) is 0 Å². The van der Waals surface area contributed by atoms with Crippen molar-refractivity contribution < 1.29 is 23.1 Å². The summed E-state index contributed by atoms with van der Waals surface area (Å²) in [4.78, 5) is 24.8. The van der Waals surface area contributed by atoms with E-state index in [1.165, 1.54) is 22.9 Å². The zero-order valence-corrected chi connectivity index (χ0v) is 19.4. The smallest absolute Gasteiger partial charge is 0.416 e. The topological polar surface area (TPSA) is 85.3 Å². The molecule has 33 heavy (non-hydrogen) atoms. The minimum absolute atomic E-state index is 0.00936. The molecule has 0 saturated carbocycles. The number of nitrogens with two attached hydrogens (primary N) is 1. The quantitative estimate of drug-likeness (QED) is 0.536. The van der Waals surface area contributed by atoms with Crippen LogP contribution in [-0.4, -0.2) is 15.6 Å². The van der Waals surface area contributed by atoms with E-state index in [0.29, 0.717) is 11.3 Å². The monoisotopic (exact) mass is 460 g/mol. The molecule has 0 aliphatic rings. The van der Waals surface area contributed by atoms with Gasteiger partial charge in [0.15, 0.2) is 0 Å². The molecular weight excluding hydrogens is 433 g/mol. The van der Waals surface area contributed by atoms with E-state index in [0.717, 1.165) is 17.7 Å². The van der Waals surface area contributed by atoms with Crippen molar-refractivity contribution >= 4 is 16.8 Å². The summed E-state index contributed by atoms with van der Waals surface area (Å²) in [5, 5.41) is 10.5. The van der Waals surface area contributed by atoms with Crippen LogP contribution in [0.1, 0.15) is 68.6 Å². The molecule has 0 aliphatic heterocycles. The number of rotatable bonds is 2. The molecule has 1 heterocycles. The molecule has 0 unspecified atom stereocenters. The number of carbonyl (C=O) groups is 1. The van der Waals surface area contributed by atoms with Crippen molar-refractivity contribution in [2.24, 2.45) is 5.73 Å². The van der Waals surface area contributed by atoms with Gasteiger partial charge >= 0.3 is 6.18 Å². The van der Waals surface area contributed by atoms with Crippen molar-refractivity contribution in [1.29, 1.82) is 0 Å². The highest BCUT2D eigenvalue weighted by molar-refractivity contribution is 5.97. The first kappa shape index (κ1) is 24.4. The number of hydrogen-bond acceptors (Lipinski definition) is 3. The van der Waals surface area contributed by atoms with Crippen molar-refractivity contribution in [1.82, 2.24) is 4.57 Å². The molecule has 0 atom stereocenters. The lowest BCUT2D eigenvalue weighted by Crippen LogP contribution is -2.25. The van der Waals surface area contributed by atoms with Gasteiger partial charge in [0, 0.05) is 17.6 Å². The Morgan fingerprint density at radius 2 is 1.52 bits per heavy atom. The Morgan fingerprint density at radius 3 is 2.00 bits per heavy atom. The second-order valence-electron chi connectivity index (χ2n) is 10.2. The van der Waals surface area contributed by atoms with Crippen LogP contribution in [0.25, 0.3) is 16.6 Å². The predicted octanol–water partition coefficient (Wildman–Crippen LogP) is 5.41. The normalized spacial score (nSPS) is 12.9. The SMILES string of the molecule is CC(C)(C)c1cc(C(C)(C)C)c(-n2cc(C(N)=O)c(=O)c3cc(C(F)(F)F)ccc32)cc1O. The number of carbonyl (C=O) groups excluding carboxylic acids is 1. The van der Waals surface area contributed by atoms with Gasteiger partial charge in [0.2, 0.25) is 5.43 Å². The summed E-state index contributed by atoms with van der Waals surface area (Å²) in [7, 11) is 0. The van der Waals surface area contributed by atoms with Crippen LogP contribution in [0.5, 0.6) is 5.75 Å². The molecule has 0 radical (unpaired) electrons. The lowest BCUT2D eigenvalue weighted by Gasteiger charge is -2.29. The molecular formula is C25H27F3N2O3. The first-order valence-corrected chi connectivity index (χ1v) is 10.4. The molecule has 0 fully saturated rings. The van der Waals surface area contributed by atoms with Gasteiger partial charge in [-0.1, -0.05) is 41.5 Å². The van der Waals surface area contributed by atoms with Crippen LogP contribution < -0.4 is 11.2 Å². The van der Waals surface area contributed by atoms with Crippen LogP contribution in [0.4, 0.5) is 13.2 Å². The summed E-state index contributed by atoms with van der Waals surface area (Å²) in [6, 6.07) is 6.14. The van der Waals surface area contributed by atoms with Gasteiger partial charge in [-0.2, -0.15) is 13.2 Å². The fraction of sp³-hybridized carbons (Fsp3) is 0.360. The standard InChI is InChI=1S/C25H27F3N2O3/c1-23(2,3)16-10-17(24(4,5)6)20(31)11-19(16)30-12-15(22(29)33)21(32)14-9-13(25(26,27)28)7-8-18(14)30/h7-12,31H,1-6H3,(H2,29,33). The minimum atomic E-state index is -4.67. The molecule has 176 valence electrons. The lowest BCUT2D eigenvalue weighted by molar-refractivity contribution is -0.137. The molecule has 8 heteroatoms. The molecule has 3 N–H and O–H groups in total. The molecule has 0 aliphatic carbocycles. The Balaban J connectivity index is 2.52. The highest BCUT2D eigenvalue weighted by Gasteiger charge is 2.32. The van der Waals surface area contributed by atoms with E-state index in [-0.39, 0.29) is 22.1 Å². The number of benzene rings is 2. The largest absolute Gasteiger partial charge is 0.508 e. The average Bonchev–Trinajstić information content (AvgIpc) is 2.65. The molecule has 1 amide bonds. The predicted molar refractivity (Wildman–Crippen MR) is 122 cm³/mol. The molecule has 0 spiro atoms. The van der Waals surface area contributed by atoms with Gasteiger partial charge in [-0.3, -0.25) is 9.59 Å². The summed E-state index contributed by atoms with van der Waals surface area (Å²) in [5.41, 5.74) is 4.27. The number of aromatic nitrogens is 1. The molecule has 2 aromatic carbocycles. The van der Waals surface area contributed by atoms with E-state index in [4.69, 9.17) is 5.73 Å². The van der Waals surface area contributed by atoms with E-state index in [1.54, 1.807) is 0 Å². The highest BCUT2D eigenvalue weighted by atomic mass is 19.4. The summed E-state index contributed by atoms with van der Waals surface area (Å²) >= 11 is 0. The van der Waals surface area contributed by atoms with Gasteiger partial charge in [-0.15, -0.1) is 0 Å². The number of amides is 1. The number of primary amides is 1. The van der Waals surface area contributed by atoms with Crippen molar-refractivity contribution in [3.05, 3.63) is 69.0 Å². The van der Waals surface area contributed by atoms with E-state index in [1.807, 2.05) is 47.6 Å². The number of phenols is 1. The van der Waals surface area contributed by atoms with E-state index >= 15 is 0 Å². The zero-order valence-electron chi connectivity index (χ0n) is 19.4. The molecule has 3 rings (SSSR count). The Morgan fingerprint density at radius 1 is 0.939 bits per heavy atom. The third-order valence-electron chi connectivity index (χ3n) is 5.59. The molecule has 1 aromatic heterocycles. The van der Waals surface area contributed by atoms with E-state index < -0.39 is 34.1 Å². The van der Waals surface area contributed by atoms with Gasteiger partial charge < -0.3 is 15.4 Å². The molecule has 3 aromatic rings. The Labute approximate surface area is 189 Å². The third kappa shape index (κ3) is 4.47. The van der Waals surface area contributed by atoms with Gasteiger partial charge in [0.25, 0.3) is 5.91 Å². The molecule has 0 bridgehead atoms. The number of nitrogens with zero attached hydrogens (tertiary/aromatic N) is 1. The van der Waals surface area contributed by atoms with Crippen LogP contribution in [-0.2, 0) is 17.0 Å². The first-order valence-electron chi connectivity index (χ1n) is 10.4. The summed E-state index contributed by atoms with van der Waals surface area (Å²) in [6.07, 6.45) is -3.45. The fourth-order valence-electron chi connectivity index (χ4n) is 3.86. The lowest BCUT2D eigenvalue weighted by atomic mass is 9.79. The second kappa shape index (κ2) is 7.64. The first-order chi connectivity index (χ1) is 14.9. The van der Waals surface area contributed by atoms with Gasteiger partial charge in [0.05, 0.1) is 16.8 Å². The maximum Gasteiger partial charge on any atom is 0.416 e. The Bertz CT molecular complexity index is 1320. The minimum Gasteiger partial charge on any atom is -0.508 e. The Hall–Kier alpha value is -3.29. The summed E-state index contributed by atoms with van der Waals surface area (Å²) in [5.74, 6) is -1.06. The second-order valence-corrected chi connectivity index (χ2v) is 10.2. The number of hydrogen-bond donors (Lipinski definition) is 2. The summed E-state index contributed by atoms with van der Waals surface area (Å²) < 4.78 is 41.4. The van der Waals surface area contributed by atoms with Gasteiger partial charge in [-0.25, -0.2) is 0 Å².